The Labute approximate surface area is 199 Å². The Kier molecular flexibility index (Phi) is 4.98. The lowest BCUT2D eigenvalue weighted by atomic mass is 9.80. The summed E-state index contributed by atoms with van der Waals surface area (Å²) in [6.07, 6.45) is 8.64. The van der Waals surface area contributed by atoms with Crippen LogP contribution in [-0.4, -0.2) is 19.5 Å². The van der Waals surface area contributed by atoms with E-state index < -0.39 is 0 Å². The molecule has 2 heterocycles. The van der Waals surface area contributed by atoms with Gasteiger partial charge in [-0.25, -0.2) is 4.98 Å². The number of aryl methyl sites for hydroxylation is 1. The standard InChI is InChI=1S/C27H29N5S/c1-16-7-10-20(17(2)13-16)25-26(30-22-11-8-18-5-3-4-6-21(18)22)31-27(33)32(25)19-9-12-23-24(14-19)29-15-28-23/h3-6,9,12-15,17,20,22,30H,7-8,10-11H2,1-2H3,(H,28,29)(H,31,33). The molecule has 0 amide bonds. The van der Waals surface area contributed by atoms with E-state index in [0.29, 0.717) is 17.9 Å². The van der Waals surface area contributed by atoms with Crippen LogP contribution in [0.1, 0.15) is 61.9 Å². The number of benzene rings is 2. The van der Waals surface area contributed by atoms with E-state index in [9.17, 15) is 0 Å². The molecule has 0 radical (unpaired) electrons. The van der Waals surface area contributed by atoms with Gasteiger partial charge in [0.15, 0.2) is 4.77 Å². The molecule has 0 saturated carbocycles. The molecule has 2 aliphatic carbocycles. The molecule has 2 aliphatic rings. The zero-order chi connectivity index (χ0) is 22.5. The Bertz CT molecular complexity index is 1420. The van der Waals surface area contributed by atoms with Gasteiger partial charge in [0.2, 0.25) is 0 Å². The van der Waals surface area contributed by atoms with Crippen LogP contribution in [0.3, 0.4) is 0 Å². The van der Waals surface area contributed by atoms with Gasteiger partial charge in [-0.15, -0.1) is 0 Å². The second-order valence-electron chi connectivity index (χ2n) is 9.58. The normalized spacial score (nSPS) is 22.4. The molecule has 6 rings (SSSR count). The molecule has 4 aromatic rings. The van der Waals surface area contributed by atoms with E-state index in [2.05, 4.69) is 87.2 Å². The summed E-state index contributed by atoms with van der Waals surface area (Å²) in [6.45, 7) is 4.58. The second kappa shape index (κ2) is 8.03. The lowest BCUT2D eigenvalue weighted by Crippen LogP contribution is -2.19. The Morgan fingerprint density at radius 2 is 2.00 bits per heavy atom. The molecule has 0 fully saturated rings. The van der Waals surface area contributed by atoms with Crippen molar-refractivity contribution in [1.29, 1.82) is 0 Å². The van der Waals surface area contributed by atoms with Gasteiger partial charge < -0.3 is 15.3 Å². The third-order valence-corrected chi connectivity index (χ3v) is 7.71. The van der Waals surface area contributed by atoms with E-state index in [4.69, 9.17) is 12.2 Å². The van der Waals surface area contributed by atoms with Crippen LogP contribution in [0.25, 0.3) is 16.7 Å². The van der Waals surface area contributed by atoms with Gasteiger partial charge in [-0.05, 0) is 80.1 Å². The SMILES string of the molecule is CC1=CC(C)C(c2c(NC3CCc4ccccc43)[nH]c(=S)n2-c2ccc3nc[nH]c3c2)CC1. The fourth-order valence-electron chi connectivity index (χ4n) is 5.79. The van der Waals surface area contributed by atoms with Crippen LogP contribution in [0, 0.1) is 10.7 Å². The van der Waals surface area contributed by atoms with Gasteiger partial charge in [0.25, 0.3) is 0 Å². The van der Waals surface area contributed by atoms with Crippen LogP contribution in [0.4, 0.5) is 5.82 Å². The second-order valence-corrected chi connectivity index (χ2v) is 9.97. The first kappa shape index (κ1) is 20.5. The van der Waals surface area contributed by atoms with Crippen LogP contribution >= 0.6 is 12.2 Å². The number of anilines is 1. The lowest BCUT2D eigenvalue weighted by molar-refractivity contribution is 0.465. The van der Waals surface area contributed by atoms with Crippen molar-refractivity contribution in [3.05, 3.63) is 82.0 Å². The number of hydrogen-bond acceptors (Lipinski definition) is 3. The predicted octanol–water partition coefficient (Wildman–Crippen LogP) is 6.97. The Hall–Kier alpha value is -3.12. The fraction of sp³-hybridized carbons (Fsp3) is 0.333. The summed E-state index contributed by atoms with van der Waals surface area (Å²) in [5.74, 6) is 1.90. The summed E-state index contributed by atoms with van der Waals surface area (Å²) in [7, 11) is 0. The van der Waals surface area contributed by atoms with Crippen LogP contribution in [-0.2, 0) is 6.42 Å². The molecule has 2 aromatic carbocycles. The maximum absolute atomic E-state index is 5.92. The Balaban J connectivity index is 1.48. The number of hydrogen-bond donors (Lipinski definition) is 3. The molecule has 5 nitrogen and oxygen atoms in total. The van der Waals surface area contributed by atoms with Gasteiger partial charge in [-0.2, -0.15) is 0 Å². The highest BCUT2D eigenvalue weighted by atomic mass is 32.1. The molecule has 33 heavy (non-hydrogen) atoms. The van der Waals surface area contributed by atoms with Crippen molar-refractivity contribution in [2.75, 3.05) is 5.32 Å². The van der Waals surface area contributed by atoms with Gasteiger partial charge in [-0.1, -0.05) is 42.8 Å². The van der Waals surface area contributed by atoms with E-state index in [-0.39, 0.29) is 0 Å². The quantitative estimate of drug-likeness (QED) is 0.230. The highest BCUT2D eigenvalue weighted by Crippen LogP contribution is 2.42. The maximum Gasteiger partial charge on any atom is 0.183 e. The van der Waals surface area contributed by atoms with Crippen molar-refractivity contribution in [3.63, 3.8) is 0 Å². The van der Waals surface area contributed by atoms with Crippen LogP contribution in [0.15, 0.2) is 60.4 Å². The largest absolute Gasteiger partial charge is 0.363 e. The van der Waals surface area contributed by atoms with E-state index in [1.807, 2.05) is 0 Å². The number of fused-ring (bicyclic) bond motifs is 2. The molecule has 0 spiro atoms. The summed E-state index contributed by atoms with van der Waals surface area (Å²) >= 11 is 5.92. The van der Waals surface area contributed by atoms with Gasteiger partial charge in [0.1, 0.15) is 5.82 Å². The number of aromatic nitrogens is 4. The van der Waals surface area contributed by atoms with Crippen molar-refractivity contribution in [1.82, 2.24) is 19.5 Å². The number of imidazole rings is 2. The number of aromatic amines is 2. The summed E-state index contributed by atoms with van der Waals surface area (Å²) in [4.78, 5) is 11.2. The first-order chi connectivity index (χ1) is 16.1. The molecule has 3 unspecified atom stereocenters. The molecule has 2 aromatic heterocycles. The minimum absolute atomic E-state index is 0.299. The van der Waals surface area contributed by atoms with Crippen LogP contribution in [0.5, 0.6) is 0 Å². The summed E-state index contributed by atoms with van der Waals surface area (Å²) < 4.78 is 2.98. The number of rotatable bonds is 4. The molecular weight excluding hydrogens is 426 g/mol. The average Bonchev–Trinajstić information content (AvgIpc) is 3.51. The Morgan fingerprint density at radius 1 is 1.12 bits per heavy atom. The first-order valence-corrected chi connectivity index (χ1v) is 12.3. The van der Waals surface area contributed by atoms with E-state index in [1.165, 1.54) is 22.4 Å². The van der Waals surface area contributed by atoms with Crippen molar-refractivity contribution in [2.24, 2.45) is 5.92 Å². The van der Waals surface area contributed by atoms with Crippen molar-refractivity contribution in [3.8, 4) is 5.69 Å². The minimum atomic E-state index is 0.299. The monoisotopic (exact) mass is 455 g/mol. The van der Waals surface area contributed by atoms with Crippen molar-refractivity contribution >= 4 is 29.1 Å². The van der Waals surface area contributed by atoms with Gasteiger partial charge in [0, 0.05) is 5.92 Å². The predicted molar refractivity (Wildman–Crippen MR) is 137 cm³/mol. The zero-order valence-electron chi connectivity index (χ0n) is 19.1. The zero-order valence-corrected chi connectivity index (χ0v) is 19.9. The molecule has 6 heteroatoms. The van der Waals surface area contributed by atoms with E-state index >= 15 is 0 Å². The van der Waals surface area contributed by atoms with Gasteiger partial charge in [0.05, 0.1) is 34.8 Å². The highest BCUT2D eigenvalue weighted by Gasteiger charge is 2.31. The fourth-order valence-corrected chi connectivity index (χ4v) is 6.10. The summed E-state index contributed by atoms with van der Waals surface area (Å²) in [5.41, 5.74) is 8.66. The molecule has 3 N–H and O–H groups in total. The number of nitrogens with one attached hydrogen (secondary N) is 3. The highest BCUT2D eigenvalue weighted by molar-refractivity contribution is 7.71. The number of allylic oxidation sites excluding steroid dienone is 2. The van der Waals surface area contributed by atoms with Crippen molar-refractivity contribution < 1.29 is 0 Å². The van der Waals surface area contributed by atoms with Gasteiger partial charge in [-0.3, -0.25) is 4.57 Å². The Morgan fingerprint density at radius 3 is 2.88 bits per heavy atom. The molecular formula is C27H29N5S. The maximum atomic E-state index is 5.92. The smallest absolute Gasteiger partial charge is 0.183 e. The minimum Gasteiger partial charge on any atom is -0.363 e. The topological polar surface area (TPSA) is 61.4 Å². The summed E-state index contributed by atoms with van der Waals surface area (Å²) in [6, 6.07) is 15.4. The average molecular weight is 456 g/mol. The molecule has 0 saturated heterocycles. The first-order valence-electron chi connectivity index (χ1n) is 11.9. The molecule has 3 atom stereocenters. The van der Waals surface area contributed by atoms with Crippen LogP contribution < -0.4 is 5.32 Å². The molecule has 0 aliphatic heterocycles. The third-order valence-electron chi connectivity index (χ3n) is 7.43. The number of nitrogens with zero attached hydrogens (tertiary/aromatic N) is 2. The van der Waals surface area contributed by atoms with Crippen LogP contribution in [0.2, 0.25) is 0 Å². The lowest BCUT2D eigenvalue weighted by Gasteiger charge is -2.29. The number of H-pyrrole nitrogens is 2. The molecule has 0 bridgehead atoms. The third kappa shape index (κ3) is 3.53. The van der Waals surface area contributed by atoms with Gasteiger partial charge >= 0.3 is 0 Å². The van der Waals surface area contributed by atoms with E-state index in [0.717, 1.165) is 53.0 Å². The van der Waals surface area contributed by atoms with E-state index in [1.54, 1.807) is 6.33 Å². The summed E-state index contributed by atoms with van der Waals surface area (Å²) in [5, 5.41) is 3.87. The van der Waals surface area contributed by atoms with Crippen molar-refractivity contribution in [2.45, 2.75) is 51.5 Å². The molecule has 168 valence electrons.